The highest BCUT2D eigenvalue weighted by molar-refractivity contribution is 6.31. The van der Waals surface area contributed by atoms with Crippen LogP contribution in [0.2, 0.25) is 5.02 Å². The predicted molar refractivity (Wildman–Crippen MR) is 161 cm³/mol. The molecule has 230 valence electrons. The molecule has 2 aliphatic rings. The minimum Gasteiger partial charge on any atom is -0.488 e. The lowest BCUT2D eigenvalue weighted by molar-refractivity contribution is -0.123. The van der Waals surface area contributed by atoms with Crippen molar-refractivity contribution >= 4 is 29.3 Å². The summed E-state index contributed by atoms with van der Waals surface area (Å²) < 4.78 is 41.1. The maximum Gasteiger partial charge on any atom is 0.258 e. The summed E-state index contributed by atoms with van der Waals surface area (Å²) in [6, 6.07) is 15.7. The lowest BCUT2D eigenvalue weighted by Gasteiger charge is -2.39. The smallest absolute Gasteiger partial charge is 0.258 e. The summed E-state index contributed by atoms with van der Waals surface area (Å²) in [6.45, 7) is -0.0909. The van der Waals surface area contributed by atoms with Crippen LogP contribution in [0.25, 0.3) is 11.1 Å². The standard InChI is InChI=1S/C33H27ClF2N4O5/c34-23-4-5-28(36)27(12-23)33(43)40-7-6-30-29(17-40)39-32(42)22-10-21(15-37-16-22)20-2-1-3-25(11-20)44-18-31(41)38-14-19-8-24(35)13-26(9-19)45-30/h1-5,8-13,15-16,29-30H,6-7,14,17-18H2,(H,38,41)(H,39,42)/t29-,30+/m1/s1. The van der Waals surface area contributed by atoms with E-state index in [4.69, 9.17) is 21.1 Å². The molecule has 3 aromatic carbocycles. The van der Waals surface area contributed by atoms with Crippen LogP contribution < -0.4 is 20.1 Å². The Balaban J connectivity index is 1.34. The number of ether oxygens (including phenoxy) is 2. The number of likely N-dealkylation sites (tertiary alicyclic amines) is 1. The van der Waals surface area contributed by atoms with Crippen LogP contribution in [0.4, 0.5) is 8.78 Å². The zero-order chi connectivity index (χ0) is 31.5. The molecule has 2 aliphatic heterocycles. The van der Waals surface area contributed by atoms with Crippen LogP contribution in [0, 0.1) is 11.6 Å². The molecule has 2 atom stereocenters. The van der Waals surface area contributed by atoms with E-state index < -0.39 is 41.5 Å². The summed E-state index contributed by atoms with van der Waals surface area (Å²) in [6.07, 6.45) is 2.56. The van der Waals surface area contributed by atoms with Crippen LogP contribution in [0.15, 0.2) is 79.1 Å². The highest BCUT2D eigenvalue weighted by atomic mass is 35.5. The molecule has 45 heavy (non-hydrogen) atoms. The van der Waals surface area contributed by atoms with Crippen LogP contribution in [0.3, 0.4) is 0 Å². The number of hydrogen-bond donors (Lipinski definition) is 2. The molecule has 0 aliphatic carbocycles. The number of aromatic nitrogens is 1. The molecule has 0 radical (unpaired) electrons. The Kier molecular flexibility index (Phi) is 8.61. The summed E-state index contributed by atoms with van der Waals surface area (Å²) in [5.41, 5.74) is 1.84. The van der Waals surface area contributed by atoms with Gasteiger partial charge in [0.1, 0.15) is 29.2 Å². The van der Waals surface area contributed by atoms with Gasteiger partial charge in [-0.2, -0.15) is 0 Å². The summed E-state index contributed by atoms with van der Waals surface area (Å²) in [5, 5.41) is 5.87. The minimum absolute atomic E-state index is 0.0200. The maximum atomic E-state index is 14.6. The van der Waals surface area contributed by atoms with Crippen molar-refractivity contribution in [3.63, 3.8) is 0 Å². The number of nitrogens with one attached hydrogen (secondary N) is 2. The molecular weight excluding hydrogens is 606 g/mol. The molecule has 1 saturated heterocycles. The summed E-state index contributed by atoms with van der Waals surface area (Å²) in [4.78, 5) is 45.1. The molecule has 1 aromatic heterocycles. The van der Waals surface area contributed by atoms with E-state index in [1.165, 1.54) is 35.4 Å². The van der Waals surface area contributed by atoms with E-state index in [9.17, 15) is 23.2 Å². The fraction of sp³-hybridized carbons (Fsp3) is 0.212. The molecule has 0 saturated carbocycles. The number of carbonyl (C=O) groups excluding carboxylic acids is 3. The van der Waals surface area contributed by atoms with Gasteiger partial charge in [0.05, 0.1) is 17.2 Å². The third-order valence-corrected chi connectivity index (χ3v) is 7.79. The van der Waals surface area contributed by atoms with E-state index in [2.05, 4.69) is 15.6 Å². The Bertz CT molecular complexity index is 1790. The molecule has 9 nitrogen and oxygen atoms in total. The Morgan fingerprint density at radius 2 is 1.80 bits per heavy atom. The van der Waals surface area contributed by atoms with Gasteiger partial charge < -0.3 is 25.0 Å². The first-order valence-corrected chi connectivity index (χ1v) is 14.6. The lowest BCUT2D eigenvalue weighted by Crippen LogP contribution is -2.58. The molecule has 1 fully saturated rings. The number of pyridine rings is 1. The largest absolute Gasteiger partial charge is 0.488 e. The third-order valence-electron chi connectivity index (χ3n) is 7.56. The van der Waals surface area contributed by atoms with Crippen molar-refractivity contribution in [3.8, 4) is 22.6 Å². The normalized spacial score (nSPS) is 18.5. The number of amides is 3. The van der Waals surface area contributed by atoms with Gasteiger partial charge in [-0.1, -0.05) is 23.7 Å². The highest BCUT2D eigenvalue weighted by Crippen LogP contribution is 2.27. The molecule has 3 heterocycles. The number of piperidine rings is 1. The van der Waals surface area contributed by atoms with Gasteiger partial charge in [-0.3, -0.25) is 19.4 Å². The van der Waals surface area contributed by atoms with E-state index in [0.717, 1.165) is 6.07 Å². The Morgan fingerprint density at radius 1 is 0.956 bits per heavy atom. The van der Waals surface area contributed by atoms with Crippen LogP contribution in [-0.2, 0) is 11.3 Å². The number of fused-ring (bicyclic) bond motifs is 8. The predicted octanol–water partition coefficient (Wildman–Crippen LogP) is 4.78. The summed E-state index contributed by atoms with van der Waals surface area (Å²) in [7, 11) is 0. The van der Waals surface area contributed by atoms with Crippen molar-refractivity contribution in [2.24, 2.45) is 0 Å². The number of halogens is 3. The summed E-state index contributed by atoms with van der Waals surface area (Å²) >= 11 is 6.03. The van der Waals surface area contributed by atoms with Crippen molar-refractivity contribution in [1.82, 2.24) is 20.5 Å². The van der Waals surface area contributed by atoms with Gasteiger partial charge in [0.2, 0.25) is 0 Å². The molecule has 6 bridgehead atoms. The number of carbonyl (C=O) groups is 3. The number of nitrogens with zero attached hydrogens (tertiary/aromatic N) is 2. The average Bonchev–Trinajstić information content (AvgIpc) is 3.04. The van der Waals surface area contributed by atoms with Crippen molar-refractivity contribution < 1.29 is 32.6 Å². The monoisotopic (exact) mass is 632 g/mol. The molecule has 6 rings (SSSR count). The SMILES string of the molecule is O=C1COc2cccc(c2)-c2cncc(c2)C(=O)N[C@@H]2CN(C(=O)c3cc(Cl)ccc3F)CC[C@@H]2Oc2cc(F)cc(c2)CN1. The minimum atomic E-state index is -0.772. The molecule has 0 spiro atoms. The highest BCUT2D eigenvalue weighted by Gasteiger charge is 2.35. The zero-order valence-corrected chi connectivity index (χ0v) is 24.5. The Hall–Kier alpha value is -5.03. The second-order valence-corrected chi connectivity index (χ2v) is 11.2. The van der Waals surface area contributed by atoms with E-state index in [-0.39, 0.29) is 54.6 Å². The summed E-state index contributed by atoms with van der Waals surface area (Å²) in [5.74, 6) is -2.16. The van der Waals surface area contributed by atoms with Crippen LogP contribution in [0.1, 0.15) is 32.7 Å². The quantitative estimate of drug-likeness (QED) is 0.313. The fourth-order valence-corrected chi connectivity index (χ4v) is 5.50. The van der Waals surface area contributed by atoms with Crippen LogP contribution in [0.5, 0.6) is 11.5 Å². The number of rotatable bonds is 1. The number of hydrogen-bond acceptors (Lipinski definition) is 6. The molecule has 0 unspecified atom stereocenters. The van der Waals surface area contributed by atoms with Gasteiger partial charge in [-0.05, 0) is 59.7 Å². The maximum absolute atomic E-state index is 14.6. The Morgan fingerprint density at radius 3 is 2.67 bits per heavy atom. The third kappa shape index (κ3) is 7.04. The molecule has 4 aromatic rings. The van der Waals surface area contributed by atoms with Gasteiger partial charge >= 0.3 is 0 Å². The van der Waals surface area contributed by atoms with Gasteiger partial charge in [-0.15, -0.1) is 0 Å². The topological polar surface area (TPSA) is 110 Å². The van der Waals surface area contributed by atoms with Crippen molar-refractivity contribution in [1.29, 1.82) is 0 Å². The van der Waals surface area contributed by atoms with Gasteiger partial charge in [0.15, 0.2) is 6.61 Å². The van der Waals surface area contributed by atoms with E-state index in [0.29, 0.717) is 22.4 Å². The second-order valence-electron chi connectivity index (χ2n) is 10.8. The average molecular weight is 633 g/mol. The number of benzene rings is 3. The van der Waals surface area contributed by atoms with E-state index >= 15 is 0 Å². The van der Waals surface area contributed by atoms with Gasteiger partial charge in [0, 0.05) is 55.1 Å². The van der Waals surface area contributed by atoms with Crippen LogP contribution >= 0.6 is 11.6 Å². The lowest BCUT2D eigenvalue weighted by atomic mass is 9.99. The Labute approximate surface area is 262 Å². The second kappa shape index (κ2) is 12.9. The van der Waals surface area contributed by atoms with Gasteiger partial charge in [-0.25, -0.2) is 8.78 Å². The van der Waals surface area contributed by atoms with Crippen LogP contribution in [-0.4, -0.2) is 59.4 Å². The van der Waals surface area contributed by atoms with Crippen molar-refractivity contribution in [2.75, 3.05) is 19.7 Å². The van der Waals surface area contributed by atoms with E-state index in [1.54, 1.807) is 36.5 Å². The first-order chi connectivity index (χ1) is 21.7. The van der Waals surface area contributed by atoms with Crippen molar-refractivity contribution in [3.05, 3.63) is 112 Å². The first kappa shape index (κ1) is 30.0. The molecule has 12 heteroatoms. The molecular formula is C33H27ClF2N4O5. The van der Waals surface area contributed by atoms with E-state index in [1.807, 2.05) is 6.07 Å². The van der Waals surface area contributed by atoms with Crippen molar-refractivity contribution in [2.45, 2.75) is 25.1 Å². The molecule has 2 N–H and O–H groups in total. The first-order valence-electron chi connectivity index (χ1n) is 14.2. The fourth-order valence-electron chi connectivity index (χ4n) is 5.33. The molecule has 3 amide bonds. The zero-order valence-electron chi connectivity index (χ0n) is 23.8. The van der Waals surface area contributed by atoms with Gasteiger partial charge in [0.25, 0.3) is 17.7 Å².